The summed E-state index contributed by atoms with van der Waals surface area (Å²) in [5.74, 6) is -0.407. The molecule has 0 radical (unpaired) electrons. The van der Waals surface area contributed by atoms with Crippen molar-refractivity contribution < 1.29 is 23.9 Å². The third-order valence-corrected chi connectivity index (χ3v) is 5.79. The molecule has 32 heavy (non-hydrogen) atoms. The van der Waals surface area contributed by atoms with Crippen LogP contribution in [-0.4, -0.2) is 30.4 Å². The van der Waals surface area contributed by atoms with Crippen molar-refractivity contribution in [1.29, 1.82) is 0 Å². The fourth-order valence-electron chi connectivity index (χ4n) is 3.40. The van der Waals surface area contributed by atoms with Crippen LogP contribution in [0.1, 0.15) is 84.0 Å². The average Bonchev–Trinajstić information content (AvgIpc) is 2.76. The van der Waals surface area contributed by atoms with Gasteiger partial charge in [-0.25, -0.2) is 4.79 Å². The molecule has 6 nitrogen and oxygen atoms in total. The molecule has 0 amide bonds. The van der Waals surface area contributed by atoms with Crippen molar-refractivity contribution in [2.75, 3.05) is 6.61 Å². The molecule has 8 heteroatoms. The number of cyclic esters (lactones) is 1. The molecule has 1 atom stereocenters. The second kappa shape index (κ2) is 15.1. The van der Waals surface area contributed by atoms with Gasteiger partial charge in [-0.2, -0.15) is 0 Å². The number of hydrogen-bond donors (Lipinski definition) is 0. The molecule has 1 aromatic rings. The number of halogens is 2. The lowest BCUT2D eigenvalue weighted by atomic mass is 10.0. The van der Waals surface area contributed by atoms with E-state index in [1.54, 1.807) is 25.1 Å². The van der Waals surface area contributed by atoms with E-state index in [1.807, 2.05) is 0 Å². The van der Waals surface area contributed by atoms with Gasteiger partial charge in [-0.1, -0.05) is 66.9 Å². The molecule has 0 aliphatic carbocycles. The summed E-state index contributed by atoms with van der Waals surface area (Å²) in [6.45, 7) is 1.92. The number of hydrogen-bond acceptors (Lipinski definition) is 6. The van der Waals surface area contributed by atoms with E-state index in [0.29, 0.717) is 41.7 Å². The molecule has 2 rings (SSSR count). The number of benzene rings is 1. The second-order valence-corrected chi connectivity index (χ2v) is 8.90. The molecule has 1 aliphatic rings. The van der Waals surface area contributed by atoms with E-state index in [2.05, 4.69) is 5.16 Å². The van der Waals surface area contributed by atoms with Gasteiger partial charge in [0.1, 0.15) is 5.75 Å². The molecule has 1 aliphatic heterocycles. The summed E-state index contributed by atoms with van der Waals surface area (Å²) in [7, 11) is 0. The Hall–Kier alpha value is -1.79. The van der Waals surface area contributed by atoms with E-state index < -0.39 is 12.1 Å². The lowest BCUT2D eigenvalue weighted by molar-refractivity contribution is -0.151. The van der Waals surface area contributed by atoms with Gasteiger partial charge in [0.25, 0.3) is 0 Å². The first-order chi connectivity index (χ1) is 15.5. The van der Waals surface area contributed by atoms with Crippen molar-refractivity contribution in [3.8, 4) is 5.75 Å². The van der Waals surface area contributed by atoms with Crippen LogP contribution in [0.15, 0.2) is 23.4 Å². The quantitative estimate of drug-likeness (QED) is 0.263. The van der Waals surface area contributed by atoms with Gasteiger partial charge in [-0.05, 0) is 57.2 Å². The molecule has 1 heterocycles. The third-order valence-electron chi connectivity index (χ3n) is 5.26. The van der Waals surface area contributed by atoms with Gasteiger partial charge in [0.05, 0.1) is 17.3 Å². The van der Waals surface area contributed by atoms with Crippen LogP contribution >= 0.6 is 23.2 Å². The Bertz CT molecular complexity index is 769. The van der Waals surface area contributed by atoms with Crippen LogP contribution in [0, 0.1) is 0 Å². The monoisotopic (exact) mass is 485 g/mol. The first-order valence-electron chi connectivity index (χ1n) is 11.5. The number of oxime groups is 1. The van der Waals surface area contributed by atoms with Crippen molar-refractivity contribution in [3.63, 3.8) is 0 Å². The smallest absolute Gasteiger partial charge is 0.374 e. The standard InChI is InChI=1S/C24H33Cl2NO5/c1-18(31-22-15-14-19(25)17-21(22)26)24(29)32-27-20-11-8-6-4-2-3-5-7-9-13-23(28)30-16-10-12-20/h14-15,17-18H,2-13,16H2,1H3. The van der Waals surface area contributed by atoms with Gasteiger partial charge in [-0.3, -0.25) is 4.79 Å². The molecule has 1 unspecified atom stereocenters. The molecule has 0 aromatic heterocycles. The highest BCUT2D eigenvalue weighted by Crippen LogP contribution is 2.28. The number of esters is 1. The lowest BCUT2D eigenvalue weighted by Gasteiger charge is -2.14. The topological polar surface area (TPSA) is 74.2 Å². The predicted octanol–water partition coefficient (Wildman–Crippen LogP) is 6.90. The molecule has 1 aromatic carbocycles. The zero-order valence-electron chi connectivity index (χ0n) is 18.7. The summed E-state index contributed by atoms with van der Waals surface area (Å²) < 4.78 is 10.9. The predicted molar refractivity (Wildman–Crippen MR) is 126 cm³/mol. The van der Waals surface area contributed by atoms with Crippen molar-refractivity contribution in [2.24, 2.45) is 5.16 Å². The van der Waals surface area contributed by atoms with E-state index >= 15 is 0 Å². The molecule has 178 valence electrons. The third kappa shape index (κ3) is 10.7. The van der Waals surface area contributed by atoms with E-state index in [0.717, 1.165) is 44.2 Å². The maximum atomic E-state index is 12.4. The Morgan fingerprint density at radius 1 is 0.969 bits per heavy atom. The number of ether oxygens (including phenoxy) is 2. The number of rotatable bonds is 4. The van der Waals surface area contributed by atoms with Gasteiger partial charge in [0, 0.05) is 11.4 Å². The van der Waals surface area contributed by atoms with Crippen LogP contribution in [0.5, 0.6) is 5.75 Å². The number of carbonyl (C=O) groups excluding carboxylic acids is 2. The highest BCUT2D eigenvalue weighted by Gasteiger charge is 2.19. The lowest BCUT2D eigenvalue weighted by Crippen LogP contribution is -2.25. The van der Waals surface area contributed by atoms with Crippen molar-refractivity contribution in [2.45, 2.75) is 90.1 Å². The molecule has 1 fully saturated rings. The normalized spacial score (nSPS) is 19.7. The van der Waals surface area contributed by atoms with E-state index in [9.17, 15) is 9.59 Å². The van der Waals surface area contributed by atoms with Gasteiger partial charge in [-0.15, -0.1) is 0 Å². The Labute approximate surface area is 200 Å². The molecule has 0 bridgehead atoms. The number of nitrogens with zero attached hydrogens (tertiary/aromatic N) is 1. The highest BCUT2D eigenvalue weighted by atomic mass is 35.5. The first kappa shape index (κ1) is 26.5. The minimum atomic E-state index is -0.884. The van der Waals surface area contributed by atoms with Crippen LogP contribution in [-0.2, 0) is 19.2 Å². The fraction of sp³-hybridized carbons (Fsp3) is 0.625. The van der Waals surface area contributed by atoms with E-state index in [-0.39, 0.29) is 5.97 Å². The molecule has 0 spiro atoms. The Balaban J connectivity index is 1.88. The zero-order valence-corrected chi connectivity index (χ0v) is 20.3. The van der Waals surface area contributed by atoms with Crippen LogP contribution in [0.3, 0.4) is 0 Å². The van der Waals surface area contributed by atoms with Gasteiger partial charge < -0.3 is 14.3 Å². The summed E-state index contributed by atoms with van der Waals surface area (Å²) in [4.78, 5) is 29.3. The van der Waals surface area contributed by atoms with Gasteiger partial charge in [0.2, 0.25) is 0 Å². The average molecular weight is 486 g/mol. The van der Waals surface area contributed by atoms with Gasteiger partial charge in [0.15, 0.2) is 6.10 Å². The minimum Gasteiger partial charge on any atom is -0.477 e. The van der Waals surface area contributed by atoms with Crippen LogP contribution in [0.4, 0.5) is 0 Å². The van der Waals surface area contributed by atoms with Gasteiger partial charge >= 0.3 is 11.9 Å². The highest BCUT2D eigenvalue weighted by molar-refractivity contribution is 6.35. The molecular formula is C24H33Cl2NO5. The van der Waals surface area contributed by atoms with E-state index in [1.165, 1.54) is 19.3 Å². The summed E-state index contributed by atoms with van der Waals surface area (Å²) in [6, 6.07) is 4.78. The van der Waals surface area contributed by atoms with Crippen molar-refractivity contribution >= 4 is 40.9 Å². The maximum absolute atomic E-state index is 12.4. The van der Waals surface area contributed by atoms with Crippen LogP contribution < -0.4 is 4.74 Å². The Kier molecular flexibility index (Phi) is 12.5. The first-order valence-corrected chi connectivity index (χ1v) is 12.2. The summed E-state index contributed by atoms with van der Waals surface area (Å²) in [6.07, 6.45) is 10.4. The molecule has 0 saturated carbocycles. The summed E-state index contributed by atoms with van der Waals surface area (Å²) >= 11 is 12.0. The molecule has 1 saturated heterocycles. The minimum absolute atomic E-state index is 0.145. The largest absolute Gasteiger partial charge is 0.477 e. The van der Waals surface area contributed by atoms with Crippen LogP contribution in [0.2, 0.25) is 10.0 Å². The Morgan fingerprint density at radius 3 is 2.28 bits per heavy atom. The zero-order chi connectivity index (χ0) is 23.2. The fourth-order valence-corrected chi connectivity index (χ4v) is 3.86. The molecule has 0 N–H and O–H groups in total. The van der Waals surface area contributed by atoms with Crippen molar-refractivity contribution in [3.05, 3.63) is 28.2 Å². The summed E-state index contributed by atoms with van der Waals surface area (Å²) in [5.41, 5.74) is 0.790. The maximum Gasteiger partial charge on any atom is 0.374 e. The van der Waals surface area contributed by atoms with Crippen LogP contribution in [0.25, 0.3) is 0 Å². The van der Waals surface area contributed by atoms with Crippen molar-refractivity contribution in [1.82, 2.24) is 0 Å². The number of carbonyl (C=O) groups is 2. The SMILES string of the molecule is CC(Oc1ccc(Cl)cc1Cl)C(=O)ON=C1CCCCCCCCCCC(=O)OCCC1. The second-order valence-electron chi connectivity index (χ2n) is 8.06. The Morgan fingerprint density at radius 2 is 1.59 bits per heavy atom. The van der Waals surface area contributed by atoms with E-state index in [4.69, 9.17) is 37.5 Å². The molecular weight excluding hydrogens is 453 g/mol. The summed E-state index contributed by atoms with van der Waals surface area (Å²) in [5, 5.41) is 4.89.